The molecular weight excluding hydrogens is 599 g/mol. The first-order chi connectivity index (χ1) is 19.9. The highest BCUT2D eigenvalue weighted by Crippen LogP contribution is 2.46. The lowest BCUT2D eigenvalue weighted by Crippen LogP contribution is -2.38. The number of ether oxygens (including phenoxy) is 2. The fourth-order valence-electron chi connectivity index (χ4n) is 4.79. The van der Waals surface area contributed by atoms with Gasteiger partial charge >= 0.3 is 6.09 Å². The third kappa shape index (κ3) is 6.22. The molecule has 0 N–H and O–H groups in total. The Kier molecular flexibility index (Phi) is 9.72. The molecule has 0 radical (unpaired) electrons. The van der Waals surface area contributed by atoms with Crippen molar-refractivity contribution in [2.45, 2.75) is 30.8 Å². The first-order valence-electron chi connectivity index (χ1n) is 13.4. The Hall–Kier alpha value is -3.31. The third-order valence-corrected chi connectivity index (χ3v) is 9.14. The fraction of sp³-hybridized carbons (Fsp3) is 0.333. The Morgan fingerprint density at radius 2 is 1.48 bits per heavy atom. The smallest absolute Gasteiger partial charge is 0.416 e. The first kappa shape index (κ1) is 31.6. The van der Waals surface area contributed by atoms with Gasteiger partial charge in [-0.05, 0) is 55.3 Å². The van der Waals surface area contributed by atoms with Crippen LogP contribution in [-0.4, -0.2) is 71.0 Å². The van der Waals surface area contributed by atoms with Crippen LogP contribution in [0.2, 0.25) is 10.0 Å². The predicted molar refractivity (Wildman–Crippen MR) is 167 cm³/mol. The van der Waals surface area contributed by atoms with Crippen LogP contribution in [0.5, 0.6) is 5.75 Å². The van der Waals surface area contributed by atoms with Crippen LogP contribution in [0.15, 0.2) is 70.6 Å². The summed E-state index contributed by atoms with van der Waals surface area (Å²) in [7, 11) is 2.54. The van der Waals surface area contributed by atoms with Crippen LogP contribution in [-0.2, 0) is 14.8 Å². The molecule has 1 amide bonds. The zero-order valence-electron chi connectivity index (χ0n) is 24.3. The molecule has 0 fully saturated rings. The van der Waals surface area contributed by atoms with Crippen molar-refractivity contribution >= 4 is 50.8 Å². The lowest BCUT2D eigenvalue weighted by atomic mass is 9.94. The number of hydrogen-bond acceptors (Lipinski definition) is 7. The normalized spacial score (nSPS) is 16.9. The second-order valence-corrected chi connectivity index (χ2v) is 12.9. The van der Waals surface area contributed by atoms with E-state index in [2.05, 4.69) is 0 Å². The lowest BCUT2D eigenvalue weighted by molar-refractivity contribution is 0.117. The number of anilines is 1. The lowest BCUT2D eigenvalue weighted by Gasteiger charge is -2.30. The number of hydrogen-bond donors (Lipinski definition) is 0. The van der Waals surface area contributed by atoms with Gasteiger partial charge in [0.05, 0.1) is 30.5 Å². The van der Waals surface area contributed by atoms with Gasteiger partial charge in [-0.1, -0.05) is 47.5 Å². The summed E-state index contributed by atoms with van der Waals surface area (Å²) >= 11 is 12.4. The summed E-state index contributed by atoms with van der Waals surface area (Å²) in [4.78, 5) is 22.0. The van der Waals surface area contributed by atoms with Gasteiger partial charge in [0.25, 0.3) is 0 Å². The molecular formula is C30H34Cl2N4O5S. The van der Waals surface area contributed by atoms with Crippen molar-refractivity contribution in [3.63, 3.8) is 0 Å². The fourth-order valence-corrected chi connectivity index (χ4v) is 6.21. The highest BCUT2D eigenvalue weighted by molar-refractivity contribution is 7.89. The van der Waals surface area contributed by atoms with E-state index >= 15 is 0 Å². The van der Waals surface area contributed by atoms with E-state index in [0.717, 1.165) is 15.4 Å². The molecule has 4 rings (SSSR count). The standard InChI is InChI=1S/C30H34Cl2N4O5S/c1-7-40-25-18-24(34(3)4)26(42(38,39)35(5)6)17-23(25)29-33-27(19-9-13-21(31)14-10-19)28(36(29)30(37)41-8-2)20-11-15-22(32)16-12-20/h9-18,27-28H,7-8H2,1-6H3. The van der Waals surface area contributed by atoms with Crippen LogP contribution in [0.4, 0.5) is 10.5 Å². The Labute approximate surface area is 257 Å². The van der Waals surface area contributed by atoms with Gasteiger partial charge in [-0.25, -0.2) is 17.5 Å². The Morgan fingerprint density at radius 1 is 0.905 bits per heavy atom. The SMILES string of the molecule is CCOC(=O)N1C(c2cc(S(=O)(=O)N(C)C)c(N(C)C)cc2OCC)=NC(c2ccc(Cl)cc2)C1c1ccc(Cl)cc1. The van der Waals surface area contributed by atoms with Gasteiger partial charge < -0.3 is 14.4 Å². The summed E-state index contributed by atoms with van der Waals surface area (Å²) in [5.41, 5.74) is 2.33. The molecule has 0 aromatic heterocycles. The maximum Gasteiger partial charge on any atom is 0.416 e. The molecule has 1 heterocycles. The number of amides is 1. The van der Waals surface area contributed by atoms with Crippen LogP contribution >= 0.6 is 23.2 Å². The highest BCUT2D eigenvalue weighted by atomic mass is 35.5. The van der Waals surface area contributed by atoms with Gasteiger partial charge in [-0.15, -0.1) is 0 Å². The minimum Gasteiger partial charge on any atom is -0.493 e. The Morgan fingerprint density at radius 3 is 1.98 bits per heavy atom. The van der Waals surface area contributed by atoms with Gasteiger partial charge in [-0.3, -0.25) is 9.89 Å². The van der Waals surface area contributed by atoms with Crippen molar-refractivity contribution in [1.29, 1.82) is 0 Å². The molecule has 0 saturated heterocycles. The molecule has 2 atom stereocenters. The van der Waals surface area contributed by atoms with Crippen molar-refractivity contribution in [3.8, 4) is 5.75 Å². The number of amidine groups is 1. The Bertz CT molecular complexity index is 1580. The summed E-state index contributed by atoms with van der Waals surface area (Å²) in [6.45, 7) is 3.97. The number of halogens is 2. The van der Waals surface area contributed by atoms with Gasteiger partial charge in [-0.2, -0.15) is 0 Å². The zero-order valence-corrected chi connectivity index (χ0v) is 26.7. The minimum atomic E-state index is -3.91. The minimum absolute atomic E-state index is 0.0421. The van der Waals surface area contributed by atoms with E-state index in [9.17, 15) is 13.2 Å². The number of nitrogens with zero attached hydrogens (tertiary/aromatic N) is 4. The number of rotatable bonds is 9. The first-order valence-corrected chi connectivity index (χ1v) is 15.6. The van der Waals surface area contributed by atoms with E-state index in [1.54, 1.807) is 56.3 Å². The average Bonchev–Trinajstić information content (AvgIpc) is 3.34. The summed E-state index contributed by atoms with van der Waals surface area (Å²) in [6.07, 6.45) is -0.635. The quantitative estimate of drug-likeness (QED) is 0.271. The molecule has 0 spiro atoms. The summed E-state index contributed by atoms with van der Waals surface area (Å²) in [5.74, 6) is 0.593. The maximum atomic E-state index is 13.7. The molecule has 0 bridgehead atoms. The summed E-state index contributed by atoms with van der Waals surface area (Å²) in [6, 6.07) is 16.3. The zero-order chi connectivity index (χ0) is 30.8. The number of benzene rings is 3. The van der Waals surface area contributed by atoms with Crippen molar-refractivity contribution in [2.24, 2.45) is 4.99 Å². The number of carbonyl (C=O) groups excluding carboxylic acids is 1. The molecule has 9 nitrogen and oxygen atoms in total. The van der Waals surface area contributed by atoms with Crippen LogP contribution < -0.4 is 9.64 Å². The van der Waals surface area contributed by atoms with E-state index in [0.29, 0.717) is 33.7 Å². The molecule has 12 heteroatoms. The predicted octanol–water partition coefficient (Wildman–Crippen LogP) is 6.41. The maximum absolute atomic E-state index is 13.7. The largest absolute Gasteiger partial charge is 0.493 e. The molecule has 0 saturated carbocycles. The second kappa shape index (κ2) is 12.9. The Balaban J connectivity index is 2.06. The summed E-state index contributed by atoms with van der Waals surface area (Å²) in [5, 5.41) is 1.10. The molecule has 3 aromatic carbocycles. The van der Waals surface area contributed by atoms with E-state index in [-0.39, 0.29) is 17.3 Å². The molecule has 3 aromatic rings. The van der Waals surface area contributed by atoms with E-state index in [4.69, 9.17) is 37.7 Å². The topological polar surface area (TPSA) is 91.8 Å². The van der Waals surface area contributed by atoms with Crippen molar-refractivity contribution < 1.29 is 22.7 Å². The molecule has 42 heavy (non-hydrogen) atoms. The van der Waals surface area contributed by atoms with Crippen molar-refractivity contribution in [1.82, 2.24) is 9.21 Å². The molecule has 1 aliphatic rings. The van der Waals surface area contributed by atoms with Crippen LogP contribution in [0.3, 0.4) is 0 Å². The highest BCUT2D eigenvalue weighted by Gasteiger charge is 2.44. The molecule has 2 unspecified atom stereocenters. The van der Waals surface area contributed by atoms with Crippen LogP contribution in [0.1, 0.15) is 42.6 Å². The van der Waals surface area contributed by atoms with Crippen LogP contribution in [0, 0.1) is 0 Å². The van der Waals surface area contributed by atoms with Gasteiger partial charge in [0, 0.05) is 44.3 Å². The van der Waals surface area contributed by atoms with Crippen LogP contribution in [0.25, 0.3) is 0 Å². The molecule has 1 aliphatic heterocycles. The number of carbonyl (C=O) groups is 1. The molecule has 224 valence electrons. The number of aliphatic imine (C=N–C) groups is 1. The van der Waals surface area contributed by atoms with Gasteiger partial charge in [0.15, 0.2) is 0 Å². The third-order valence-electron chi connectivity index (χ3n) is 6.80. The monoisotopic (exact) mass is 632 g/mol. The summed E-state index contributed by atoms with van der Waals surface area (Å²) < 4.78 is 39.8. The number of sulfonamides is 1. The van der Waals surface area contributed by atoms with Crippen molar-refractivity contribution in [2.75, 3.05) is 46.3 Å². The molecule has 0 aliphatic carbocycles. The van der Waals surface area contributed by atoms with Gasteiger partial charge in [0.1, 0.15) is 22.5 Å². The van der Waals surface area contributed by atoms with E-state index < -0.39 is 28.2 Å². The van der Waals surface area contributed by atoms with Crippen molar-refractivity contribution in [3.05, 3.63) is 87.4 Å². The van der Waals surface area contributed by atoms with E-state index in [1.165, 1.54) is 25.1 Å². The van der Waals surface area contributed by atoms with Gasteiger partial charge in [0.2, 0.25) is 10.0 Å². The second-order valence-electron chi connectivity index (χ2n) is 9.95. The van der Waals surface area contributed by atoms with E-state index in [1.807, 2.05) is 31.2 Å². The average molecular weight is 634 g/mol.